The first kappa shape index (κ1) is 12.1. The molecule has 2 rings (SSSR count). The first-order chi connectivity index (χ1) is 8.20. The standard InChI is InChI=1S/C14H19NO2/c1-10-3-8-13(15-9-10)11-4-6-12(7-5-11)14(16)17-2/h4-7,10,13,15H,3,8-9H2,1-2H3/t10-,13-/m0/s1. The highest BCUT2D eigenvalue weighted by Gasteiger charge is 2.18. The van der Waals surface area contributed by atoms with Gasteiger partial charge in [-0.15, -0.1) is 0 Å². The quantitative estimate of drug-likeness (QED) is 0.798. The zero-order chi connectivity index (χ0) is 12.3. The zero-order valence-electron chi connectivity index (χ0n) is 10.4. The van der Waals surface area contributed by atoms with E-state index in [1.54, 1.807) is 0 Å². The fraction of sp³-hybridized carbons (Fsp3) is 0.500. The van der Waals surface area contributed by atoms with Crippen LogP contribution in [0, 0.1) is 5.92 Å². The van der Waals surface area contributed by atoms with Crippen molar-refractivity contribution < 1.29 is 9.53 Å². The van der Waals surface area contributed by atoms with E-state index in [1.165, 1.54) is 25.5 Å². The van der Waals surface area contributed by atoms with E-state index in [-0.39, 0.29) is 5.97 Å². The third-order valence-electron chi connectivity index (χ3n) is 3.40. The molecule has 0 spiro atoms. The Morgan fingerprint density at radius 1 is 1.29 bits per heavy atom. The van der Waals surface area contributed by atoms with E-state index in [2.05, 4.69) is 17.0 Å². The Bertz CT molecular complexity index is 378. The molecule has 0 saturated carbocycles. The molecule has 2 atom stereocenters. The number of benzene rings is 1. The smallest absolute Gasteiger partial charge is 0.337 e. The van der Waals surface area contributed by atoms with Crippen LogP contribution in [0.5, 0.6) is 0 Å². The van der Waals surface area contributed by atoms with E-state index in [1.807, 2.05) is 24.3 Å². The van der Waals surface area contributed by atoms with Crippen molar-refractivity contribution in [2.45, 2.75) is 25.8 Å². The summed E-state index contributed by atoms with van der Waals surface area (Å²) in [6.07, 6.45) is 2.43. The number of ether oxygens (including phenoxy) is 1. The molecule has 0 aromatic heterocycles. The van der Waals surface area contributed by atoms with Gasteiger partial charge in [-0.3, -0.25) is 0 Å². The fourth-order valence-corrected chi connectivity index (χ4v) is 2.25. The number of hydrogen-bond donors (Lipinski definition) is 1. The predicted octanol–water partition coefficient (Wildman–Crippen LogP) is 2.53. The van der Waals surface area contributed by atoms with Crippen molar-refractivity contribution in [2.75, 3.05) is 13.7 Å². The van der Waals surface area contributed by atoms with Gasteiger partial charge in [0.2, 0.25) is 0 Å². The van der Waals surface area contributed by atoms with Crippen molar-refractivity contribution in [2.24, 2.45) is 5.92 Å². The van der Waals surface area contributed by atoms with E-state index in [0.717, 1.165) is 12.5 Å². The minimum atomic E-state index is -0.276. The normalized spacial score (nSPS) is 24.4. The van der Waals surface area contributed by atoms with Gasteiger partial charge in [0, 0.05) is 6.04 Å². The van der Waals surface area contributed by atoms with Crippen molar-refractivity contribution in [3.63, 3.8) is 0 Å². The number of carbonyl (C=O) groups excluding carboxylic acids is 1. The molecule has 1 aliphatic heterocycles. The maximum atomic E-state index is 11.3. The number of carbonyl (C=O) groups is 1. The summed E-state index contributed by atoms with van der Waals surface area (Å²) in [5.74, 6) is 0.488. The molecule has 17 heavy (non-hydrogen) atoms. The van der Waals surface area contributed by atoms with Gasteiger partial charge in [0.15, 0.2) is 0 Å². The molecule has 1 fully saturated rings. The van der Waals surface area contributed by atoms with Crippen LogP contribution in [0.2, 0.25) is 0 Å². The number of methoxy groups -OCH3 is 1. The molecule has 0 amide bonds. The van der Waals surface area contributed by atoms with Crippen LogP contribution in [0.1, 0.15) is 41.7 Å². The Labute approximate surface area is 102 Å². The van der Waals surface area contributed by atoms with E-state index < -0.39 is 0 Å². The Morgan fingerprint density at radius 3 is 2.53 bits per heavy atom. The van der Waals surface area contributed by atoms with Gasteiger partial charge in [-0.25, -0.2) is 4.79 Å². The lowest BCUT2D eigenvalue weighted by atomic mass is 9.92. The topological polar surface area (TPSA) is 38.3 Å². The van der Waals surface area contributed by atoms with Crippen LogP contribution in [0.4, 0.5) is 0 Å². The molecule has 1 heterocycles. The molecule has 3 heteroatoms. The molecule has 0 aliphatic carbocycles. The summed E-state index contributed by atoms with van der Waals surface area (Å²) >= 11 is 0. The van der Waals surface area contributed by atoms with Gasteiger partial charge in [0.05, 0.1) is 12.7 Å². The molecular formula is C14H19NO2. The maximum Gasteiger partial charge on any atom is 0.337 e. The molecule has 3 nitrogen and oxygen atoms in total. The average molecular weight is 233 g/mol. The number of piperidine rings is 1. The Kier molecular flexibility index (Phi) is 3.79. The van der Waals surface area contributed by atoms with Crippen molar-refractivity contribution in [3.8, 4) is 0 Å². The molecule has 1 aromatic rings. The van der Waals surface area contributed by atoms with Gasteiger partial charge >= 0.3 is 5.97 Å². The van der Waals surface area contributed by atoms with Gasteiger partial charge < -0.3 is 10.1 Å². The average Bonchev–Trinajstić information content (AvgIpc) is 2.39. The van der Waals surface area contributed by atoms with Crippen LogP contribution >= 0.6 is 0 Å². The van der Waals surface area contributed by atoms with Gasteiger partial charge in [-0.1, -0.05) is 19.1 Å². The van der Waals surface area contributed by atoms with Gasteiger partial charge in [-0.05, 0) is 43.0 Å². The highest BCUT2D eigenvalue weighted by molar-refractivity contribution is 5.89. The lowest BCUT2D eigenvalue weighted by Gasteiger charge is -2.28. The Balaban J connectivity index is 2.05. The summed E-state index contributed by atoms with van der Waals surface area (Å²) in [4.78, 5) is 11.3. The lowest BCUT2D eigenvalue weighted by Crippen LogP contribution is -2.31. The summed E-state index contributed by atoms with van der Waals surface area (Å²) in [6.45, 7) is 3.34. The molecule has 92 valence electrons. The maximum absolute atomic E-state index is 11.3. The number of esters is 1. The minimum Gasteiger partial charge on any atom is -0.465 e. The van der Waals surface area contributed by atoms with E-state index in [4.69, 9.17) is 0 Å². The highest BCUT2D eigenvalue weighted by Crippen LogP contribution is 2.25. The Hall–Kier alpha value is -1.35. The van der Waals surface area contributed by atoms with Gasteiger partial charge in [-0.2, -0.15) is 0 Å². The third-order valence-corrected chi connectivity index (χ3v) is 3.40. The van der Waals surface area contributed by atoms with Crippen LogP contribution in [0.25, 0.3) is 0 Å². The predicted molar refractivity (Wildman–Crippen MR) is 66.9 cm³/mol. The highest BCUT2D eigenvalue weighted by atomic mass is 16.5. The van der Waals surface area contributed by atoms with Crippen LogP contribution in [0.15, 0.2) is 24.3 Å². The number of hydrogen-bond acceptors (Lipinski definition) is 3. The summed E-state index contributed by atoms with van der Waals surface area (Å²) in [5.41, 5.74) is 1.87. The van der Waals surface area contributed by atoms with Crippen LogP contribution in [-0.2, 0) is 4.74 Å². The first-order valence-electron chi connectivity index (χ1n) is 6.12. The van der Waals surface area contributed by atoms with Crippen molar-refractivity contribution in [3.05, 3.63) is 35.4 Å². The van der Waals surface area contributed by atoms with E-state index in [0.29, 0.717) is 11.6 Å². The van der Waals surface area contributed by atoms with Crippen LogP contribution in [0.3, 0.4) is 0 Å². The fourth-order valence-electron chi connectivity index (χ4n) is 2.25. The van der Waals surface area contributed by atoms with E-state index >= 15 is 0 Å². The number of nitrogens with one attached hydrogen (secondary N) is 1. The third kappa shape index (κ3) is 2.86. The molecule has 0 radical (unpaired) electrons. The Morgan fingerprint density at radius 2 is 2.00 bits per heavy atom. The van der Waals surface area contributed by atoms with Crippen molar-refractivity contribution >= 4 is 5.97 Å². The van der Waals surface area contributed by atoms with Gasteiger partial charge in [0.1, 0.15) is 0 Å². The monoisotopic (exact) mass is 233 g/mol. The molecule has 1 N–H and O–H groups in total. The first-order valence-corrected chi connectivity index (χ1v) is 6.12. The molecular weight excluding hydrogens is 214 g/mol. The number of rotatable bonds is 2. The zero-order valence-corrected chi connectivity index (χ0v) is 10.4. The van der Waals surface area contributed by atoms with Crippen LogP contribution in [-0.4, -0.2) is 19.6 Å². The van der Waals surface area contributed by atoms with Crippen molar-refractivity contribution in [1.29, 1.82) is 0 Å². The SMILES string of the molecule is COC(=O)c1ccc([C@@H]2CC[C@H](C)CN2)cc1. The van der Waals surface area contributed by atoms with Gasteiger partial charge in [0.25, 0.3) is 0 Å². The molecule has 1 saturated heterocycles. The second-order valence-electron chi connectivity index (χ2n) is 4.76. The summed E-state index contributed by atoms with van der Waals surface area (Å²) in [6, 6.07) is 8.12. The second-order valence-corrected chi connectivity index (χ2v) is 4.76. The van der Waals surface area contributed by atoms with E-state index in [9.17, 15) is 4.79 Å². The summed E-state index contributed by atoms with van der Waals surface area (Å²) in [7, 11) is 1.40. The molecule has 1 aromatic carbocycles. The molecule has 1 aliphatic rings. The van der Waals surface area contributed by atoms with Crippen LogP contribution < -0.4 is 5.32 Å². The second kappa shape index (κ2) is 5.32. The lowest BCUT2D eigenvalue weighted by molar-refractivity contribution is 0.0600. The molecule has 0 unspecified atom stereocenters. The minimum absolute atomic E-state index is 0.276. The summed E-state index contributed by atoms with van der Waals surface area (Å²) < 4.78 is 4.68. The van der Waals surface area contributed by atoms with Crippen molar-refractivity contribution in [1.82, 2.24) is 5.32 Å². The summed E-state index contributed by atoms with van der Waals surface area (Å²) in [5, 5.41) is 3.53. The largest absolute Gasteiger partial charge is 0.465 e. The molecule has 0 bridgehead atoms.